The molecule has 1 atom stereocenters. The van der Waals surface area contributed by atoms with E-state index in [0.29, 0.717) is 11.8 Å². The summed E-state index contributed by atoms with van der Waals surface area (Å²) in [5.41, 5.74) is 4.19. The minimum absolute atomic E-state index is 0.0719. The number of aromatic nitrogens is 2. The molecule has 142 valence electrons. The Labute approximate surface area is 163 Å². The average Bonchev–Trinajstić information content (AvgIpc) is 3.28. The molecular weight excluding hydrogens is 360 g/mol. The fraction of sp³-hybridized carbons (Fsp3) is 0.350. The summed E-state index contributed by atoms with van der Waals surface area (Å²) in [6.07, 6.45) is 0. The molecule has 0 aliphatic heterocycles. The number of amides is 1. The molecule has 3 rings (SSSR count). The third-order valence-corrected chi connectivity index (χ3v) is 5.38. The van der Waals surface area contributed by atoms with Gasteiger partial charge in [0.1, 0.15) is 0 Å². The number of likely N-dealkylation sites (N-methyl/N-ethyl adjacent to an activating group) is 1. The van der Waals surface area contributed by atoms with E-state index >= 15 is 0 Å². The molecule has 2 heterocycles. The van der Waals surface area contributed by atoms with Crippen LogP contribution in [-0.4, -0.2) is 34.6 Å². The first-order chi connectivity index (χ1) is 12.8. The van der Waals surface area contributed by atoms with Crippen LogP contribution in [0.1, 0.15) is 35.5 Å². The molecule has 1 amide bonds. The molecule has 3 aromatic rings. The van der Waals surface area contributed by atoms with E-state index in [9.17, 15) is 4.79 Å². The summed E-state index contributed by atoms with van der Waals surface area (Å²) in [4.78, 5) is 15.3. The van der Waals surface area contributed by atoms with E-state index in [1.54, 1.807) is 11.3 Å². The third kappa shape index (κ3) is 4.43. The number of rotatable bonds is 6. The van der Waals surface area contributed by atoms with Crippen molar-refractivity contribution in [2.24, 2.45) is 0 Å². The highest BCUT2D eigenvalue weighted by Crippen LogP contribution is 2.26. The maximum atomic E-state index is 12.5. The van der Waals surface area contributed by atoms with Crippen molar-refractivity contribution in [1.82, 2.24) is 15.1 Å². The van der Waals surface area contributed by atoms with Gasteiger partial charge in [0.15, 0.2) is 0 Å². The van der Waals surface area contributed by atoms with E-state index in [2.05, 4.69) is 34.6 Å². The summed E-state index contributed by atoms with van der Waals surface area (Å²) in [6.45, 7) is 8.24. The Morgan fingerprint density at radius 2 is 1.96 bits per heavy atom. The van der Waals surface area contributed by atoms with Crippen LogP contribution in [-0.2, 0) is 4.79 Å². The molecule has 0 unspecified atom stereocenters. The van der Waals surface area contributed by atoms with E-state index in [1.165, 1.54) is 5.56 Å². The van der Waals surface area contributed by atoms with Gasteiger partial charge in [0.25, 0.3) is 5.89 Å². The zero-order valence-electron chi connectivity index (χ0n) is 16.2. The van der Waals surface area contributed by atoms with Crippen molar-refractivity contribution in [3.63, 3.8) is 0 Å². The molecule has 0 saturated heterocycles. The number of hydrogen-bond acceptors (Lipinski definition) is 6. The number of hydrogen-bond donors (Lipinski definition) is 1. The highest BCUT2D eigenvalue weighted by molar-refractivity contribution is 7.13. The van der Waals surface area contributed by atoms with Gasteiger partial charge in [-0.15, -0.1) is 21.5 Å². The van der Waals surface area contributed by atoms with Crippen molar-refractivity contribution in [3.05, 3.63) is 52.2 Å². The molecular formula is C20H24N4O2S. The van der Waals surface area contributed by atoms with E-state index in [1.807, 2.05) is 50.2 Å². The quantitative estimate of drug-likeness (QED) is 0.684. The van der Waals surface area contributed by atoms with Gasteiger partial charge < -0.3 is 9.73 Å². The Bertz CT molecular complexity index is 910. The summed E-state index contributed by atoms with van der Waals surface area (Å²) in [7, 11) is 1.87. The first-order valence-corrected chi connectivity index (χ1v) is 9.68. The van der Waals surface area contributed by atoms with Crippen molar-refractivity contribution in [2.75, 3.05) is 18.9 Å². The largest absolute Gasteiger partial charge is 0.418 e. The van der Waals surface area contributed by atoms with Gasteiger partial charge >= 0.3 is 0 Å². The van der Waals surface area contributed by atoms with Gasteiger partial charge in [0, 0.05) is 5.69 Å². The Morgan fingerprint density at radius 3 is 2.59 bits per heavy atom. The molecule has 0 spiro atoms. The lowest BCUT2D eigenvalue weighted by Gasteiger charge is -2.21. The van der Waals surface area contributed by atoms with Crippen LogP contribution in [0.4, 0.5) is 5.69 Å². The second-order valence-corrected chi connectivity index (χ2v) is 7.78. The average molecular weight is 385 g/mol. The highest BCUT2D eigenvalue weighted by atomic mass is 32.1. The van der Waals surface area contributed by atoms with Crippen LogP contribution in [0.25, 0.3) is 10.8 Å². The fourth-order valence-electron chi connectivity index (χ4n) is 3.01. The number of carbonyl (C=O) groups excluding carboxylic acids is 1. The summed E-state index contributed by atoms with van der Waals surface area (Å²) in [5, 5.41) is 13.2. The minimum Gasteiger partial charge on any atom is -0.418 e. The van der Waals surface area contributed by atoms with Gasteiger partial charge in [-0.3, -0.25) is 9.69 Å². The summed E-state index contributed by atoms with van der Waals surface area (Å²) >= 11 is 1.55. The molecule has 0 aliphatic rings. The topological polar surface area (TPSA) is 71.3 Å². The second-order valence-electron chi connectivity index (χ2n) is 6.84. The number of aryl methyl sites for hydroxylation is 3. The second kappa shape index (κ2) is 8.02. The molecule has 2 aromatic heterocycles. The smallest absolute Gasteiger partial charge is 0.257 e. The normalized spacial score (nSPS) is 12.4. The summed E-state index contributed by atoms with van der Waals surface area (Å²) in [6, 6.07) is 7.85. The van der Waals surface area contributed by atoms with Crippen molar-refractivity contribution in [2.45, 2.75) is 33.7 Å². The van der Waals surface area contributed by atoms with Crippen LogP contribution in [0.2, 0.25) is 0 Å². The van der Waals surface area contributed by atoms with Crippen LogP contribution in [0.15, 0.2) is 34.1 Å². The number of thiophene rings is 1. The molecule has 0 fully saturated rings. The SMILES string of the molecule is Cc1cc(C)c(NC(=O)CN(C)[C@H](C)c2nnc(-c3cccs3)o2)c(C)c1. The Balaban J connectivity index is 1.64. The molecule has 1 aromatic carbocycles. The summed E-state index contributed by atoms with van der Waals surface area (Å²) in [5.74, 6) is 0.935. The van der Waals surface area contributed by atoms with E-state index < -0.39 is 0 Å². The zero-order chi connectivity index (χ0) is 19.6. The van der Waals surface area contributed by atoms with Gasteiger partial charge in [-0.25, -0.2) is 0 Å². The Kier molecular flexibility index (Phi) is 5.72. The van der Waals surface area contributed by atoms with Crippen molar-refractivity contribution >= 4 is 22.9 Å². The van der Waals surface area contributed by atoms with Crippen LogP contribution in [0.5, 0.6) is 0 Å². The van der Waals surface area contributed by atoms with E-state index in [0.717, 1.165) is 21.7 Å². The first kappa shape index (κ1) is 19.3. The monoisotopic (exact) mass is 384 g/mol. The van der Waals surface area contributed by atoms with Gasteiger partial charge in [-0.2, -0.15) is 0 Å². The predicted octanol–water partition coefficient (Wildman–Crippen LogP) is 4.35. The lowest BCUT2D eigenvalue weighted by Crippen LogP contribution is -2.32. The third-order valence-electron chi connectivity index (χ3n) is 4.53. The molecule has 0 aliphatic carbocycles. The maximum absolute atomic E-state index is 12.5. The number of anilines is 1. The van der Waals surface area contributed by atoms with Crippen molar-refractivity contribution in [1.29, 1.82) is 0 Å². The number of carbonyl (C=O) groups is 1. The van der Waals surface area contributed by atoms with Gasteiger partial charge in [0.05, 0.1) is 17.5 Å². The highest BCUT2D eigenvalue weighted by Gasteiger charge is 2.21. The zero-order valence-corrected chi connectivity index (χ0v) is 17.1. The van der Waals surface area contributed by atoms with Crippen LogP contribution in [0.3, 0.4) is 0 Å². The lowest BCUT2D eigenvalue weighted by atomic mass is 10.1. The minimum atomic E-state index is -0.169. The fourth-order valence-corrected chi connectivity index (χ4v) is 3.66. The standard InChI is InChI=1S/C20H24N4O2S/c1-12-9-13(2)18(14(3)10-12)21-17(25)11-24(5)15(4)19-22-23-20(26-19)16-7-6-8-27-16/h6-10,15H,11H2,1-5H3,(H,21,25)/t15-/m1/s1. The Hall–Kier alpha value is -2.51. The Morgan fingerprint density at radius 1 is 1.26 bits per heavy atom. The van der Waals surface area contributed by atoms with Gasteiger partial charge in [-0.05, 0) is 57.3 Å². The van der Waals surface area contributed by atoms with E-state index in [4.69, 9.17) is 4.42 Å². The van der Waals surface area contributed by atoms with Crippen LogP contribution < -0.4 is 5.32 Å². The number of nitrogens with zero attached hydrogens (tertiary/aromatic N) is 3. The molecule has 7 heteroatoms. The number of benzene rings is 1. The van der Waals surface area contributed by atoms with Crippen LogP contribution >= 0.6 is 11.3 Å². The van der Waals surface area contributed by atoms with E-state index in [-0.39, 0.29) is 18.5 Å². The van der Waals surface area contributed by atoms with Crippen molar-refractivity contribution in [3.8, 4) is 10.8 Å². The molecule has 1 N–H and O–H groups in total. The van der Waals surface area contributed by atoms with Gasteiger partial charge in [-0.1, -0.05) is 23.8 Å². The summed E-state index contributed by atoms with van der Waals surface area (Å²) < 4.78 is 5.78. The number of nitrogens with one attached hydrogen (secondary N) is 1. The maximum Gasteiger partial charge on any atom is 0.257 e. The molecule has 6 nitrogen and oxygen atoms in total. The molecule has 0 saturated carbocycles. The van der Waals surface area contributed by atoms with Crippen molar-refractivity contribution < 1.29 is 9.21 Å². The van der Waals surface area contributed by atoms with Crippen LogP contribution in [0, 0.1) is 20.8 Å². The molecule has 0 bridgehead atoms. The molecule has 27 heavy (non-hydrogen) atoms. The van der Waals surface area contributed by atoms with Gasteiger partial charge in [0.2, 0.25) is 11.8 Å². The predicted molar refractivity (Wildman–Crippen MR) is 108 cm³/mol. The molecule has 0 radical (unpaired) electrons. The first-order valence-electron chi connectivity index (χ1n) is 8.80. The lowest BCUT2D eigenvalue weighted by molar-refractivity contribution is -0.117.